The predicted molar refractivity (Wildman–Crippen MR) is 57.6 cm³/mol. The number of fused-ring (bicyclic) bond motifs is 1. The summed E-state index contributed by atoms with van der Waals surface area (Å²) in [6, 6.07) is 0. The fraction of sp³-hybridized carbons (Fsp3) is 1.00. The van der Waals surface area contributed by atoms with Gasteiger partial charge in [-0.15, -0.1) is 0 Å². The fourth-order valence-electron chi connectivity index (χ4n) is 2.35. The van der Waals surface area contributed by atoms with Gasteiger partial charge < -0.3 is 0 Å². The minimum Gasteiger partial charge on any atom is -0.269 e. The highest BCUT2D eigenvalue weighted by molar-refractivity contribution is 14.1. The van der Waals surface area contributed by atoms with Crippen LogP contribution in [0.4, 0.5) is 0 Å². The van der Waals surface area contributed by atoms with E-state index in [1.165, 1.54) is 25.9 Å². The topological polar surface area (TPSA) is 32.5 Å². The van der Waals surface area contributed by atoms with Gasteiger partial charge in [-0.05, 0) is 24.7 Å². The van der Waals surface area contributed by atoms with Crippen molar-refractivity contribution in [2.45, 2.75) is 12.8 Å². The van der Waals surface area contributed by atoms with Gasteiger partial charge in [0.25, 0.3) is 0 Å². The van der Waals surface area contributed by atoms with Gasteiger partial charge in [0, 0.05) is 49.0 Å². The molecule has 0 aromatic heterocycles. The molecule has 4 heteroatoms. The lowest BCUT2D eigenvalue weighted by Gasteiger charge is -2.41. The van der Waals surface area contributed by atoms with E-state index >= 15 is 0 Å². The van der Waals surface area contributed by atoms with Crippen molar-refractivity contribution in [1.82, 2.24) is 8.12 Å². The molecule has 2 heterocycles. The van der Waals surface area contributed by atoms with Crippen molar-refractivity contribution in [1.29, 1.82) is 0 Å². The molecule has 0 aromatic carbocycles. The zero-order chi connectivity index (χ0) is 8.55. The maximum absolute atomic E-state index is 5.80. The summed E-state index contributed by atoms with van der Waals surface area (Å²) in [6.07, 6.45) is 2.69. The zero-order valence-electron chi connectivity index (χ0n) is 7.25. The van der Waals surface area contributed by atoms with Crippen LogP contribution in [0.2, 0.25) is 0 Å². The number of rotatable bonds is 0. The van der Waals surface area contributed by atoms with Crippen LogP contribution in [0.1, 0.15) is 12.8 Å². The first-order valence-electron chi connectivity index (χ1n) is 4.66. The molecule has 2 fully saturated rings. The van der Waals surface area contributed by atoms with Crippen LogP contribution in [0.15, 0.2) is 0 Å². The molecule has 2 aliphatic heterocycles. The Hall–Kier alpha value is 0.610. The molecule has 0 saturated carbocycles. The molecule has 2 saturated heterocycles. The van der Waals surface area contributed by atoms with Gasteiger partial charge in [-0.1, -0.05) is 0 Å². The Morgan fingerprint density at radius 2 is 1.83 bits per heavy atom. The Bertz CT molecular complexity index is 148. The van der Waals surface area contributed by atoms with Crippen LogP contribution in [0.5, 0.6) is 0 Å². The second kappa shape index (κ2) is 3.77. The second-order valence-corrected chi connectivity index (χ2v) is 5.33. The second-order valence-electron chi connectivity index (χ2n) is 3.96. The highest BCUT2D eigenvalue weighted by Gasteiger charge is 2.32. The lowest BCUT2D eigenvalue weighted by Crippen LogP contribution is -2.49. The van der Waals surface area contributed by atoms with Gasteiger partial charge in [-0.25, -0.2) is 8.12 Å². The van der Waals surface area contributed by atoms with Crippen LogP contribution in [-0.4, -0.2) is 34.3 Å². The van der Waals surface area contributed by atoms with Gasteiger partial charge in [0.15, 0.2) is 0 Å². The van der Waals surface area contributed by atoms with Gasteiger partial charge >= 0.3 is 0 Å². The first-order chi connectivity index (χ1) is 5.75. The van der Waals surface area contributed by atoms with Crippen molar-refractivity contribution in [3.8, 4) is 0 Å². The first-order valence-corrected chi connectivity index (χ1v) is 5.62. The Morgan fingerprint density at radius 3 is 2.67 bits per heavy atom. The van der Waals surface area contributed by atoms with E-state index in [1.807, 2.05) is 5.01 Å². The molecule has 2 rings (SSSR count). The molecule has 70 valence electrons. The van der Waals surface area contributed by atoms with E-state index in [2.05, 4.69) is 26.0 Å². The summed E-state index contributed by atoms with van der Waals surface area (Å²) in [5, 5.41) is 1.98. The highest BCUT2D eigenvalue weighted by Crippen LogP contribution is 2.31. The first kappa shape index (κ1) is 9.18. The molecule has 0 bridgehead atoms. The largest absolute Gasteiger partial charge is 0.269 e. The normalized spacial score (nSPS) is 39.5. The lowest BCUT2D eigenvalue weighted by molar-refractivity contribution is 0.0787. The van der Waals surface area contributed by atoms with E-state index in [0.29, 0.717) is 0 Å². The molecule has 2 N–H and O–H groups in total. The highest BCUT2D eigenvalue weighted by atomic mass is 127. The molecule has 0 radical (unpaired) electrons. The summed E-state index contributed by atoms with van der Waals surface area (Å²) >= 11 is 2.43. The molecule has 0 aliphatic carbocycles. The SMILES string of the molecule is NN1CCC2CCN(I)CC2C1. The Labute approximate surface area is 87.7 Å². The molecular formula is C8H16IN3. The van der Waals surface area contributed by atoms with E-state index in [-0.39, 0.29) is 0 Å². The number of hydrogen-bond acceptors (Lipinski definition) is 3. The Kier molecular flexibility index (Phi) is 2.89. The van der Waals surface area contributed by atoms with Crippen molar-refractivity contribution in [3.63, 3.8) is 0 Å². The number of hydrazine groups is 1. The van der Waals surface area contributed by atoms with Crippen molar-refractivity contribution < 1.29 is 0 Å². The van der Waals surface area contributed by atoms with Crippen LogP contribution in [0, 0.1) is 11.8 Å². The molecule has 0 aromatic rings. The predicted octanol–water partition coefficient (Wildman–Crippen LogP) is 0.854. The van der Waals surface area contributed by atoms with Crippen LogP contribution in [-0.2, 0) is 0 Å². The van der Waals surface area contributed by atoms with Crippen LogP contribution in [0.3, 0.4) is 0 Å². The summed E-state index contributed by atoms with van der Waals surface area (Å²) in [5.74, 6) is 7.58. The van der Waals surface area contributed by atoms with Crippen molar-refractivity contribution in [2.24, 2.45) is 17.7 Å². The fourth-order valence-corrected chi connectivity index (χ4v) is 3.13. The van der Waals surface area contributed by atoms with E-state index in [0.717, 1.165) is 24.9 Å². The Balaban J connectivity index is 1.94. The third kappa shape index (κ3) is 1.92. The monoisotopic (exact) mass is 281 g/mol. The van der Waals surface area contributed by atoms with E-state index in [1.54, 1.807) is 0 Å². The molecule has 0 amide bonds. The van der Waals surface area contributed by atoms with Gasteiger partial charge in [0.2, 0.25) is 0 Å². The smallest absolute Gasteiger partial charge is 0.0201 e. The summed E-state index contributed by atoms with van der Waals surface area (Å²) < 4.78 is 2.40. The Morgan fingerprint density at radius 1 is 1.08 bits per heavy atom. The van der Waals surface area contributed by atoms with Crippen LogP contribution >= 0.6 is 22.9 Å². The van der Waals surface area contributed by atoms with E-state index in [9.17, 15) is 0 Å². The minimum absolute atomic E-state index is 0.828. The summed E-state index contributed by atoms with van der Waals surface area (Å²) in [5.41, 5.74) is 0. The summed E-state index contributed by atoms with van der Waals surface area (Å²) in [7, 11) is 0. The molecule has 3 nitrogen and oxygen atoms in total. The molecule has 2 atom stereocenters. The summed E-state index contributed by atoms with van der Waals surface area (Å²) in [4.78, 5) is 0. The van der Waals surface area contributed by atoms with Gasteiger partial charge in [0.1, 0.15) is 0 Å². The van der Waals surface area contributed by atoms with Gasteiger partial charge in [-0.2, -0.15) is 0 Å². The number of piperidine rings is 2. The van der Waals surface area contributed by atoms with Crippen LogP contribution < -0.4 is 5.84 Å². The van der Waals surface area contributed by atoms with Gasteiger partial charge in [0.05, 0.1) is 0 Å². The quantitative estimate of drug-likeness (QED) is 0.406. The number of nitrogens with two attached hydrogens (primary N) is 1. The standard InChI is InChI=1S/C8H16IN3/c9-11-3-1-7-2-4-12(10)6-8(7)5-11/h7-8H,1-6,10H2. The molecule has 2 aliphatic rings. The number of halogens is 1. The molecule has 12 heavy (non-hydrogen) atoms. The van der Waals surface area contributed by atoms with Crippen molar-refractivity contribution in [3.05, 3.63) is 0 Å². The van der Waals surface area contributed by atoms with E-state index in [4.69, 9.17) is 5.84 Å². The lowest BCUT2D eigenvalue weighted by atomic mass is 9.81. The maximum atomic E-state index is 5.80. The third-order valence-electron chi connectivity index (χ3n) is 3.10. The zero-order valence-corrected chi connectivity index (χ0v) is 9.40. The van der Waals surface area contributed by atoms with Gasteiger partial charge in [-0.3, -0.25) is 5.84 Å². The average molecular weight is 281 g/mol. The van der Waals surface area contributed by atoms with E-state index < -0.39 is 0 Å². The minimum atomic E-state index is 0.828. The van der Waals surface area contributed by atoms with Crippen molar-refractivity contribution in [2.75, 3.05) is 26.2 Å². The van der Waals surface area contributed by atoms with Crippen molar-refractivity contribution >= 4 is 22.9 Å². The molecular weight excluding hydrogens is 265 g/mol. The number of nitrogens with zero attached hydrogens (tertiary/aromatic N) is 2. The average Bonchev–Trinajstić information content (AvgIpc) is 2.03. The summed E-state index contributed by atoms with van der Waals surface area (Å²) in [6.45, 7) is 4.71. The molecule has 2 unspecified atom stereocenters. The number of hydrogen-bond donors (Lipinski definition) is 1. The third-order valence-corrected chi connectivity index (χ3v) is 3.97. The molecule has 0 spiro atoms. The van der Waals surface area contributed by atoms with Crippen LogP contribution in [0.25, 0.3) is 0 Å². The maximum Gasteiger partial charge on any atom is 0.0201 e.